The van der Waals surface area contributed by atoms with Crippen molar-refractivity contribution in [1.29, 1.82) is 0 Å². The monoisotopic (exact) mass is 152 g/mol. The Hall–Kier alpha value is -0.920. The third kappa shape index (κ3) is 0.934. The Bertz CT molecular complexity index is 222. The summed E-state index contributed by atoms with van der Waals surface area (Å²) in [7, 11) is 0. The first-order valence-electron chi connectivity index (χ1n) is 3.94. The smallest absolute Gasteiger partial charge is 0.160 e. The van der Waals surface area contributed by atoms with E-state index in [2.05, 4.69) is 13.8 Å². The summed E-state index contributed by atoms with van der Waals surface area (Å²) in [5, 5.41) is 0. The van der Waals surface area contributed by atoms with Crippen LogP contribution in [0.1, 0.15) is 20.3 Å². The number of allylic oxidation sites excluding steroid dienone is 2. The zero-order chi connectivity index (χ0) is 7.84. The van der Waals surface area contributed by atoms with E-state index in [9.17, 15) is 0 Å². The molecule has 0 amide bonds. The molecule has 2 rings (SSSR count). The van der Waals surface area contributed by atoms with Gasteiger partial charge in [-0.15, -0.1) is 0 Å². The van der Waals surface area contributed by atoms with Crippen LogP contribution in [0, 0.1) is 0 Å². The van der Waals surface area contributed by atoms with Crippen molar-refractivity contribution in [3.8, 4) is 0 Å². The van der Waals surface area contributed by atoms with E-state index in [1.807, 2.05) is 0 Å². The van der Waals surface area contributed by atoms with Gasteiger partial charge in [0.05, 0.1) is 0 Å². The number of rotatable bonds is 0. The summed E-state index contributed by atoms with van der Waals surface area (Å²) >= 11 is 0. The highest BCUT2D eigenvalue weighted by atomic mass is 16.6. The van der Waals surface area contributed by atoms with Crippen molar-refractivity contribution >= 4 is 0 Å². The van der Waals surface area contributed by atoms with Crippen LogP contribution in [0.25, 0.3) is 0 Å². The molecule has 0 aromatic carbocycles. The van der Waals surface area contributed by atoms with Gasteiger partial charge in [-0.2, -0.15) is 0 Å². The van der Waals surface area contributed by atoms with Gasteiger partial charge in [-0.3, -0.25) is 0 Å². The Morgan fingerprint density at radius 2 is 1.36 bits per heavy atom. The molecule has 0 aromatic heterocycles. The van der Waals surface area contributed by atoms with Crippen molar-refractivity contribution in [1.82, 2.24) is 0 Å². The van der Waals surface area contributed by atoms with Gasteiger partial charge in [0.2, 0.25) is 0 Å². The van der Waals surface area contributed by atoms with E-state index in [1.54, 1.807) is 0 Å². The topological polar surface area (TPSA) is 18.5 Å². The zero-order valence-corrected chi connectivity index (χ0v) is 6.94. The lowest BCUT2D eigenvalue weighted by Crippen LogP contribution is -2.13. The van der Waals surface area contributed by atoms with Crippen LogP contribution in [0.15, 0.2) is 22.7 Å². The molecule has 1 aliphatic heterocycles. The summed E-state index contributed by atoms with van der Waals surface area (Å²) in [5.74, 6) is 1.99. The maximum atomic E-state index is 5.48. The fourth-order valence-corrected chi connectivity index (χ4v) is 1.61. The van der Waals surface area contributed by atoms with Crippen LogP contribution < -0.4 is 0 Å². The lowest BCUT2D eigenvalue weighted by atomic mass is 10.2. The summed E-state index contributed by atoms with van der Waals surface area (Å²) in [5.41, 5.74) is 2.61. The van der Waals surface area contributed by atoms with Crippen LogP contribution in [-0.2, 0) is 9.47 Å². The van der Waals surface area contributed by atoms with E-state index >= 15 is 0 Å². The molecule has 0 unspecified atom stereocenters. The molecule has 0 saturated carbocycles. The Morgan fingerprint density at radius 3 is 1.82 bits per heavy atom. The molecule has 1 saturated heterocycles. The molecule has 0 spiro atoms. The van der Waals surface area contributed by atoms with E-state index in [1.165, 1.54) is 11.1 Å². The number of ether oxygens (including phenoxy) is 2. The van der Waals surface area contributed by atoms with Crippen LogP contribution in [-0.4, -0.2) is 13.2 Å². The summed E-state index contributed by atoms with van der Waals surface area (Å²) in [6, 6.07) is 0. The van der Waals surface area contributed by atoms with E-state index in [-0.39, 0.29) is 0 Å². The van der Waals surface area contributed by atoms with E-state index < -0.39 is 0 Å². The largest absolute Gasteiger partial charge is 0.486 e. The average molecular weight is 152 g/mol. The first-order valence-corrected chi connectivity index (χ1v) is 3.94. The summed E-state index contributed by atoms with van der Waals surface area (Å²) in [4.78, 5) is 0. The predicted molar refractivity (Wildman–Crippen MR) is 41.9 cm³/mol. The second-order valence-electron chi connectivity index (χ2n) is 3.09. The average Bonchev–Trinajstić information content (AvgIpc) is 2.30. The molecule has 0 radical (unpaired) electrons. The molecule has 0 bridgehead atoms. The quantitative estimate of drug-likeness (QED) is 0.528. The van der Waals surface area contributed by atoms with E-state index in [0.717, 1.165) is 17.9 Å². The van der Waals surface area contributed by atoms with Crippen molar-refractivity contribution in [2.75, 3.05) is 13.2 Å². The highest BCUT2D eigenvalue weighted by Gasteiger charge is 2.25. The van der Waals surface area contributed by atoms with Gasteiger partial charge < -0.3 is 9.47 Å². The second-order valence-corrected chi connectivity index (χ2v) is 3.09. The van der Waals surface area contributed by atoms with Crippen LogP contribution in [0.2, 0.25) is 0 Å². The normalized spacial score (nSPS) is 23.1. The molecule has 2 heteroatoms. The van der Waals surface area contributed by atoms with Crippen LogP contribution in [0.3, 0.4) is 0 Å². The zero-order valence-electron chi connectivity index (χ0n) is 6.94. The van der Waals surface area contributed by atoms with Gasteiger partial charge in [-0.05, 0) is 31.4 Å². The lowest BCUT2D eigenvalue weighted by Gasteiger charge is -2.19. The Kier molecular flexibility index (Phi) is 1.41. The third-order valence-corrected chi connectivity index (χ3v) is 2.09. The minimum absolute atomic E-state index is 0.698. The predicted octanol–water partition coefficient (Wildman–Crippen LogP) is 1.98. The van der Waals surface area contributed by atoms with Gasteiger partial charge in [0, 0.05) is 0 Å². The molecular formula is C9H12O2. The minimum atomic E-state index is 0.698. The molecule has 2 nitrogen and oxygen atoms in total. The van der Waals surface area contributed by atoms with Crippen molar-refractivity contribution in [2.24, 2.45) is 0 Å². The molecule has 0 atom stereocenters. The number of hydrogen-bond donors (Lipinski definition) is 0. The van der Waals surface area contributed by atoms with Crippen molar-refractivity contribution in [3.05, 3.63) is 22.7 Å². The molecule has 60 valence electrons. The fraction of sp³-hybridized carbons (Fsp3) is 0.556. The van der Waals surface area contributed by atoms with Gasteiger partial charge in [0.25, 0.3) is 0 Å². The van der Waals surface area contributed by atoms with Crippen LogP contribution in [0.5, 0.6) is 0 Å². The fourth-order valence-electron chi connectivity index (χ4n) is 1.61. The Labute approximate surface area is 66.5 Å². The summed E-state index contributed by atoms with van der Waals surface area (Å²) in [6.45, 7) is 5.59. The molecule has 11 heavy (non-hydrogen) atoms. The number of fused-ring (bicyclic) bond motifs is 1. The van der Waals surface area contributed by atoms with Crippen molar-refractivity contribution < 1.29 is 9.47 Å². The summed E-state index contributed by atoms with van der Waals surface area (Å²) in [6.07, 6.45) is 1.02. The summed E-state index contributed by atoms with van der Waals surface area (Å²) < 4.78 is 11.0. The highest BCUT2D eigenvalue weighted by Crippen LogP contribution is 2.34. The van der Waals surface area contributed by atoms with Gasteiger partial charge >= 0.3 is 0 Å². The minimum Gasteiger partial charge on any atom is -0.486 e. The standard InChI is InChI=1S/C9H12O2/c1-6-5-7(2)9-8(6)10-3-4-11-9/h3-5H2,1-2H3. The van der Waals surface area contributed by atoms with Crippen LogP contribution >= 0.6 is 0 Å². The molecule has 2 aliphatic rings. The molecular weight excluding hydrogens is 140 g/mol. The molecule has 1 aliphatic carbocycles. The molecule has 0 aromatic rings. The maximum Gasteiger partial charge on any atom is 0.160 e. The van der Waals surface area contributed by atoms with Gasteiger partial charge in [0.15, 0.2) is 11.5 Å². The first-order chi connectivity index (χ1) is 5.29. The van der Waals surface area contributed by atoms with E-state index in [0.29, 0.717) is 13.2 Å². The SMILES string of the molecule is CC1=C2OCCOC2=C(C)C1. The highest BCUT2D eigenvalue weighted by molar-refractivity contribution is 5.39. The first kappa shape index (κ1) is 6.77. The van der Waals surface area contributed by atoms with E-state index in [4.69, 9.17) is 9.47 Å². The second kappa shape index (κ2) is 2.29. The molecule has 1 heterocycles. The molecule has 0 N–H and O–H groups in total. The Morgan fingerprint density at radius 1 is 0.909 bits per heavy atom. The van der Waals surface area contributed by atoms with Gasteiger partial charge in [-0.25, -0.2) is 0 Å². The van der Waals surface area contributed by atoms with Gasteiger partial charge in [-0.1, -0.05) is 0 Å². The van der Waals surface area contributed by atoms with Crippen molar-refractivity contribution in [2.45, 2.75) is 20.3 Å². The third-order valence-electron chi connectivity index (χ3n) is 2.09. The van der Waals surface area contributed by atoms with Crippen LogP contribution in [0.4, 0.5) is 0 Å². The maximum absolute atomic E-state index is 5.48. The number of hydrogen-bond acceptors (Lipinski definition) is 2. The van der Waals surface area contributed by atoms with Crippen molar-refractivity contribution in [3.63, 3.8) is 0 Å². The molecule has 1 fully saturated rings. The Balaban J connectivity index is 2.35. The van der Waals surface area contributed by atoms with Gasteiger partial charge in [0.1, 0.15) is 13.2 Å². The lowest BCUT2D eigenvalue weighted by molar-refractivity contribution is 0.0591.